The van der Waals surface area contributed by atoms with Crippen LogP contribution in [0.2, 0.25) is 0 Å². The van der Waals surface area contributed by atoms with Crippen molar-refractivity contribution in [2.45, 2.75) is 13.0 Å². The number of fused-ring (bicyclic) bond motifs is 1. The topological polar surface area (TPSA) is 105 Å². The number of aromatic nitrogens is 2. The molecule has 1 aliphatic heterocycles. The van der Waals surface area contributed by atoms with Crippen LogP contribution in [0.15, 0.2) is 66.5 Å². The minimum atomic E-state index is -1.13. The van der Waals surface area contributed by atoms with Crippen LogP contribution in [0.25, 0.3) is 0 Å². The lowest BCUT2D eigenvalue weighted by Crippen LogP contribution is -2.26. The number of carbonyl (C=O) groups is 2. The maximum Gasteiger partial charge on any atom is 0.352 e. The fraction of sp³-hybridized carbons (Fsp3) is 0.136. The number of nitrogens with zero attached hydrogens (tertiary/aromatic N) is 2. The van der Waals surface area contributed by atoms with E-state index in [4.69, 9.17) is 4.74 Å². The van der Waals surface area contributed by atoms with E-state index in [1.165, 1.54) is 6.20 Å². The fourth-order valence-electron chi connectivity index (χ4n) is 3.42. The summed E-state index contributed by atoms with van der Waals surface area (Å²) in [4.78, 5) is 24.7. The zero-order valence-electron chi connectivity index (χ0n) is 16.4. The molecule has 3 N–H and O–H groups in total. The van der Waals surface area contributed by atoms with Gasteiger partial charge in [-0.25, -0.2) is 9.48 Å². The third kappa shape index (κ3) is 3.39. The minimum absolute atomic E-state index is 0.0381. The van der Waals surface area contributed by atoms with Crippen LogP contribution >= 0.6 is 0 Å². The number of anilines is 2. The molecule has 0 fully saturated rings. The van der Waals surface area contributed by atoms with Gasteiger partial charge < -0.3 is 20.5 Å². The molecule has 0 unspecified atom stereocenters. The Morgan fingerprint density at radius 2 is 1.90 bits per heavy atom. The fourth-order valence-corrected chi connectivity index (χ4v) is 3.42. The second kappa shape index (κ2) is 7.75. The molecule has 8 heteroatoms. The molecule has 1 atom stereocenters. The molecule has 1 aromatic heterocycles. The van der Waals surface area contributed by atoms with Crippen molar-refractivity contribution >= 4 is 23.4 Å². The Morgan fingerprint density at radius 1 is 1.17 bits per heavy atom. The number of hydrogen-bond donors (Lipinski definition) is 3. The number of para-hydroxylation sites is 2. The van der Waals surface area contributed by atoms with Gasteiger partial charge in [-0.1, -0.05) is 36.4 Å². The highest BCUT2D eigenvalue weighted by molar-refractivity contribution is 6.08. The predicted octanol–water partition coefficient (Wildman–Crippen LogP) is 3.44. The van der Waals surface area contributed by atoms with Gasteiger partial charge in [0.1, 0.15) is 28.9 Å². The largest absolute Gasteiger partial charge is 0.496 e. The van der Waals surface area contributed by atoms with Crippen LogP contribution in [0.1, 0.15) is 27.5 Å². The van der Waals surface area contributed by atoms with Crippen molar-refractivity contribution in [1.29, 1.82) is 0 Å². The molecule has 2 heterocycles. The van der Waals surface area contributed by atoms with Gasteiger partial charge in [0.25, 0.3) is 5.91 Å². The summed E-state index contributed by atoms with van der Waals surface area (Å²) < 4.78 is 7.02. The lowest BCUT2D eigenvalue weighted by Gasteiger charge is -2.25. The number of allylic oxidation sites excluding steroid dienone is 1. The summed E-state index contributed by atoms with van der Waals surface area (Å²) in [5.74, 6) is -0.620. The van der Waals surface area contributed by atoms with Crippen molar-refractivity contribution in [3.8, 4) is 5.75 Å². The maximum atomic E-state index is 12.9. The van der Waals surface area contributed by atoms with Gasteiger partial charge in [-0.05, 0) is 30.7 Å². The van der Waals surface area contributed by atoms with Crippen LogP contribution in [0.4, 0.5) is 11.5 Å². The van der Waals surface area contributed by atoms with Gasteiger partial charge in [0.15, 0.2) is 0 Å². The number of amides is 1. The van der Waals surface area contributed by atoms with E-state index in [1.807, 2.05) is 43.3 Å². The highest BCUT2D eigenvalue weighted by Gasteiger charge is 2.30. The van der Waals surface area contributed by atoms with Gasteiger partial charge >= 0.3 is 5.97 Å². The molecule has 152 valence electrons. The highest BCUT2D eigenvalue weighted by Crippen LogP contribution is 2.36. The number of aryl methyl sites for hydroxylation is 1. The Balaban J connectivity index is 1.76. The van der Waals surface area contributed by atoms with Gasteiger partial charge in [0, 0.05) is 11.3 Å². The molecule has 2 aromatic carbocycles. The zero-order chi connectivity index (χ0) is 21.3. The summed E-state index contributed by atoms with van der Waals surface area (Å²) in [6.45, 7) is 1.89. The first kappa shape index (κ1) is 19.3. The van der Waals surface area contributed by atoms with Gasteiger partial charge in [0.2, 0.25) is 0 Å². The number of rotatable bonds is 5. The molecular weight excluding hydrogens is 384 g/mol. The number of hydrogen-bond acceptors (Lipinski definition) is 5. The van der Waals surface area contributed by atoms with Crippen molar-refractivity contribution in [3.63, 3.8) is 0 Å². The van der Waals surface area contributed by atoms with E-state index in [1.54, 1.807) is 30.0 Å². The van der Waals surface area contributed by atoms with Gasteiger partial charge in [-0.3, -0.25) is 4.79 Å². The van der Waals surface area contributed by atoms with Crippen LogP contribution in [0, 0.1) is 6.92 Å². The number of nitrogens with one attached hydrogen (secondary N) is 2. The molecule has 0 saturated heterocycles. The molecule has 4 rings (SSSR count). The lowest BCUT2D eigenvalue weighted by atomic mass is 10.0. The summed E-state index contributed by atoms with van der Waals surface area (Å²) in [7, 11) is 1.55. The quantitative estimate of drug-likeness (QED) is 0.602. The summed E-state index contributed by atoms with van der Waals surface area (Å²) in [5.41, 5.74) is 2.52. The summed E-state index contributed by atoms with van der Waals surface area (Å²) in [6, 6.07) is 14.2. The minimum Gasteiger partial charge on any atom is -0.496 e. The maximum absolute atomic E-state index is 12.9. The van der Waals surface area contributed by atoms with Gasteiger partial charge in [-0.15, -0.1) is 0 Å². The van der Waals surface area contributed by atoms with Crippen molar-refractivity contribution in [2.75, 3.05) is 17.7 Å². The van der Waals surface area contributed by atoms with Crippen molar-refractivity contribution < 1.29 is 19.4 Å². The average Bonchev–Trinajstić information content (AvgIpc) is 3.19. The summed E-state index contributed by atoms with van der Waals surface area (Å²) >= 11 is 0. The Bertz CT molecular complexity index is 1170. The van der Waals surface area contributed by atoms with E-state index in [-0.39, 0.29) is 17.2 Å². The van der Waals surface area contributed by atoms with Crippen molar-refractivity contribution in [3.05, 3.63) is 83.2 Å². The second-order valence-corrected chi connectivity index (χ2v) is 6.82. The average molecular weight is 404 g/mol. The Kier molecular flexibility index (Phi) is 4.97. The number of aliphatic carboxylic acids is 1. The molecule has 8 nitrogen and oxygen atoms in total. The third-order valence-electron chi connectivity index (χ3n) is 4.96. The molecule has 3 aromatic rings. The Morgan fingerprint density at radius 3 is 2.63 bits per heavy atom. The van der Waals surface area contributed by atoms with E-state index in [2.05, 4.69) is 15.7 Å². The lowest BCUT2D eigenvalue weighted by molar-refractivity contribution is -0.132. The normalized spacial score (nSPS) is 14.9. The standard InChI is InChI=1S/C22H20N4O4/c1-13-7-3-5-9-16(13)25-21(27)15-12-23-26-18(11-17(22(28)29)24-20(15)26)14-8-4-6-10-19(14)30-2/h3-12,18,24H,1-2H3,(H,25,27)(H,28,29)/t18-/m0/s1. The highest BCUT2D eigenvalue weighted by atomic mass is 16.5. The zero-order valence-corrected chi connectivity index (χ0v) is 16.4. The van der Waals surface area contributed by atoms with Crippen LogP contribution in [0.5, 0.6) is 5.75 Å². The Hall–Kier alpha value is -4.07. The summed E-state index contributed by atoms with van der Waals surface area (Å²) in [5, 5.41) is 19.7. The van der Waals surface area contributed by atoms with Crippen molar-refractivity contribution in [1.82, 2.24) is 9.78 Å². The molecular formula is C22H20N4O4. The molecule has 1 aliphatic rings. The predicted molar refractivity (Wildman–Crippen MR) is 112 cm³/mol. The SMILES string of the molecule is COc1ccccc1[C@@H]1C=C(C(=O)O)Nc2c(C(=O)Nc3ccccc3C)cnn21. The molecule has 0 radical (unpaired) electrons. The van der Waals surface area contributed by atoms with Crippen LogP contribution in [-0.4, -0.2) is 33.9 Å². The molecule has 0 spiro atoms. The van der Waals surface area contributed by atoms with E-state index in [9.17, 15) is 14.7 Å². The molecule has 0 bridgehead atoms. The van der Waals surface area contributed by atoms with Crippen LogP contribution in [-0.2, 0) is 4.79 Å². The van der Waals surface area contributed by atoms with E-state index >= 15 is 0 Å². The number of ether oxygens (including phenoxy) is 1. The van der Waals surface area contributed by atoms with Gasteiger partial charge in [0.05, 0.1) is 13.3 Å². The smallest absolute Gasteiger partial charge is 0.352 e. The first-order valence-electron chi connectivity index (χ1n) is 9.29. The van der Waals surface area contributed by atoms with Crippen LogP contribution < -0.4 is 15.4 Å². The van der Waals surface area contributed by atoms with E-state index in [0.717, 1.165) is 11.1 Å². The first-order chi connectivity index (χ1) is 14.5. The molecule has 1 amide bonds. The second-order valence-electron chi connectivity index (χ2n) is 6.82. The number of benzene rings is 2. The number of carboxylic acids is 1. The van der Waals surface area contributed by atoms with E-state index < -0.39 is 12.0 Å². The first-order valence-corrected chi connectivity index (χ1v) is 9.29. The Labute approximate surface area is 172 Å². The number of carboxylic acid groups (broad SMARTS) is 1. The van der Waals surface area contributed by atoms with Gasteiger partial charge in [-0.2, -0.15) is 5.10 Å². The monoisotopic (exact) mass is 404 g/mol. The number of methoxy groups -OCH3 is 1. The van der Waals surface area contributed by atoms with Crippen LogP contribution in [0.3, 0.4) is 0 Å². The molecule has 0 aliphatic carbocycles. The molecule has 0 saturated carbocycles. The summed E-state index contributed by atoms with van der Waals surface area (Å²) in [6.07, 6.45) is 2.97. The van der Waals surface area contributed by atoms with Crippen molar-refractivity contribution in [2.24, 2.45) is 0 Å². The molecule has 30 heavy (non-hydrogen) atoms. The third-order valence-corrected chi connectivity index (χ3v) is 4.96. The number of carbonyl (C=O) groups excluding carboxylic acids is 1. The van der Waals surface area contributed by atoms with E-state index in [0.29, 0.717) is 17.3 Å².